The maximum absolute atomic E-state index is 11.3. The number of carbonyl (C=O) groups is 2. The number of aromatic hydroxyl groups is 1. The van der Waals surface area contributed by atoms with Crippen molar-refractivity contribution in [2.24, 2.45) is 0 Å². The molecule has 0 aliphatic carbocycles. The predicted octanol–water partition coefficient (Wildman–Crippen LogP) is 1.38. The normalized spacial score (nSPS) is 16.2. The summed E-state index contributed by atoms with van der Waals surface area (Å²) in [5, 5.41) is 29.0. The molecule has 1 aliphatic heterocycles. The molecular formula is C15H21NO6. The molecule has 0 spiro atoms. The Hall–Kier alpha value is -2.12. The highest BCUT2D eigenvalue weighted by atomic mass is 16.5. The van der Waals surface area contributed by atoms with Gasteiger partial charge in [0.2, 0.25) is 0 Å². The molecule has 0 bridgehead atoms. The van der Waals surface area contributed by atoms with Crippen molar-refractivity contribution in [3.63, 3.8) is 0 Å². The van der Waals surface area contributed by atoms with E-state index in [2.05, 4.69) is 5.32 Å². The van der Waals surface area contributed by atoms with Crippen molar-refractivity contribution >= 4 is 11.9 Å². The van der Waals surface area contributed by atoms with Gasteiger partial charge in [0, 0.05) is 26.2 Å². The van der Waals surface area contributed by atoms with E-state index in [4.69, 9.17) is 14.6 Å². The van der Waals surface area contributed by atoms with E-state index in [0.717, 1.165) is 19.8 Å². The molecule has 1 aromatic carbocycles. The molecule has 0 radical (unpaired) electrons. The summed E-state index contributed by atoms with van der Waals surface area (Å²) < 4.78 is 5.24. The van der Waals surface area contributed by atoms with Crippen LogP contribution in [0.5, 0.6) is 5.75 Å². The number of rotatable bonds is 4. The molecule has 1 aromatic rings. The van der Waals surface area contributed by atoms with Gasteiger partial charge in [-0.25, -0.2) is 0 Å². The van der Waals surface area contributed by atoms with E-state index in [1.165, 1.54) is 12.1 Å². The SMILES string of the molecule is CC(=O)O.O=C(O)[C@H](NC1CCOCC1)c1ccc(O)cc1. The molecule has 1 atom stereocenters. The fraction of sp³-hybridized carbons (Fsp3) is 0.467. The molecule has 0 saturated carbocycles. The van der Waals surface area contributed by atoms with E-state index in [1.807, 2.05) is 0 Å². The fourth-order valence-electron chi connectivity index (χ4n) is 2.08. The number of nitrogens with one attached hydrogen (secondary N) is 1. The van der Waals surface area contributed by atoms with Crippen molar-refractivity contribution in [3.8, 4) is 5.75 Å². The number of phenolic OH excluding ortho intramolecular Hbond substituents is 1. The summed E-state index contributed by atoms with van der Waals surface area (Å²) in [6, 6.07) is 5.66. The van der Waals surface area contributed by atoms with Gasteiger partial charge in [0.25, 0.3) is 5.97 Å². The highest BCUT2D eigenvalue weighted by Gasteiger charge is 2.24. The number of hydrogen-bond acceptors (Lipinski definition) is 5. The van der Waals surface area contributed by atoms with Gasteiger partial charge in [-0.05, 0) is 30.5 Å². The molecule has 1 aliphatic rings. The molecule has 122 valence electrons. The third-order valence-electron chi connectivity index (χ3n) is 3.10. The predicted molar refractivity (Wildman–Crippen MR) is 78.8 cm³/mol. The zero-order valence-corrected chi connectivity index (χ0v) is 12.4. The van der Waals surface area contributed by atoms with Crippen LogP contribution in [0.1, 0.15) is 31.4 Å². The minimum atomic E-state index is -0.910. The van der Waals surface area contributed by atoms with Crippen molar-refractivity contribution in [1.29, 1.82) is 0 Å². The number of carboxylic acids is 2. The van der Waals surface area contributed by atoms with Crippen LogP contribution in [0.2, 0.25) is 0 Å². The number of benzene rings is 1. The topological polar surface area (TPSA) is 116 Å². The summed E-state index contributed by atoms with van der Waals surface area (Å²) in [5.74, 6) is -1.61. The molecule has 7 nitrogen and oxygen atoms in total. The Balaban J connectivity index is 0.000000541. The summed E-state index contributed by atoms with van der Waals surface area (Å²) in [6.45, 7) is 2.42. The van der Waals surface area contributed by atoms with Crippen LogP contribution in [0, 0.1) is 0 Å². The number of ether oxygens (including phenoxy) is 1. The number of carboxylic acid groups (broad SMARTS) is 2. The lowest BCUT2D eigenvalue weighted by Gasteiger charge is -2.26. The smallest absolute Gasteiger partial charge is 0.325 e. The first-order chi connectivity index (χ1) is 10.4. The first-order valence-electron chi connectivity index (χ1n) is 6.95. The summed E-state index contributed by atoms with van der Waals surface area (Å²) in [4.78, 5) is 20.3. The van der Waals surface area contributed by atoms with Crippen LogP contribution in [-0.4, -0.2) is 46.5 Å². The number of aliphatic carboxylic acids is 2. The maximum atomic E-state index is 11.3. The van der Waals surface area contributed by atoms with Crippen LogP contribution in [0.4, 0.5) is 0 Å². The Kier molecular flexibility index (Phi) is 7.34. The lowest BCUT2D eigenvalue weighted by Crippen LogP contribution is -2.40. The Bertz CT molecular complexity index is 477. The Morgan fingerprint density at radius 3 is 2.14 bits per heavy atom. The molecule has 1 saturated heterocycles. The summed E-state index contributed by atoms with van der Waals surface area (Å²) >= 11 is 0. The average molecular weight is 311 g/mol. The zero-order valence-electron chi connectivity index (χ0n) is 12.4. The maximum Gasteiger partial charge on any atom is 0.325 e. The second-order valence-corrected chi connectivity index (χ2v) is 4.94. The lowest BCUT2D eigenvalue weighted by atomic mass is 10.0. The third-order valence-corrected chi connectivity index (χ3v) is 3.10. The van der Waals surface area contributed by atoms with Crippen LogP contribution >= 0.6 is 0 Å². The van der Waals surface area contributed by atoms with Crippen molar-refractivity contribution in [2.75, 3.05) is 13.2 Å². The molecule has 2 rings (SSSR count). The van der Waals surface area contributed by atoms with E-state index in [1.54, 1.807) is 12.1 Å². The summed E-state index contributed by atoms with van der Waals surface area (Å²) in [5.41, 5.74) is 0.645. The lowest BCUT2D eigenvalue weighted by molar-refractivity contribution is -0.140. The highest BCUT2D eigenvalue weighted by Crippen LogP contribution is 2.19. The second-order valence-electron chi connectivity index (χ2n) is 4.94. The Morgan fingerprint density at radius 2 is 1.68 bits per heavy atom. The zero-order chi connectivity index (χ0) is 16.5. The molecule has 4 N–H and O–H groups in total. The Morgan fingerprint density at radius 1 is 1.18 bits per heavy atom. The van der Waals surface area contributed by atoms with E-state index in [-0.39, 0.29) is 11.8 Å². The van der Waals surface area contributed by atoms with Crippen LogP contribution in [0.3, 0.4) is 0 Å². The van der Waals surface area contributed by atoms with Crippen molar-refractivity contribution in [2.45, 2.75) is 31.8 Å². The van der Waals surface area contributed by atoms with Crippen LogP contribution < -0.4 is 5.32 Å². The highest BCUT2D eigenvalue weighted by molar-refractivity contribution is 5.75. The first-order valence-corrected chi connectivity index (χ1v) is 6.95. The third kappa shape index (κ3) is 6.55. The van der Waals surface area contributed by atoms with Gasteiger partial charge in [-0.2, -0.15) is 0 Å². The van der Waals surface area contributed by atoms with Crippen LogP contribution in [0.25, 0.3) is 0 Å². The largest absolute Gasteiger partial charge is 0.508 e. The van der Waals surface area contributed by atoms with Crippen molar-refractivity contribution in [3.05, 3.63) is 29.8 Å². The van der Waals surface area contributed by atoms with Gasteiger partial charge in [-0.15, -0.1) is 0 Å². The molecule has 0 aromatic heterocycles. The molecular weight excluding hydrogens is 290 g/mol. The van der Waals surface area contributed by atoms with Gasteiger partial charge in [0.1, 0.15) is 11.8 Å². The van der Waals surface area contributed by atoms with Gasteiger partial charge in [0.05, 0.1) is 0 Å². The molecule has 0 amide bonds. The quantitative estimate of drug-likeness (QED) is 0.663. The van der Waals surface area contributed by atoms with E-state index >= 15 is 0 Å². The van der Waals surface area contributed by atoms with E-state index in [0.29, 0.717) is 18.8 Å². The molecule has 0 unspecified atom stereocenters. The van der Waals surface area contributed by atoms with Crippen LogP contribution in [-0.2, 0) is 14.3 Å². The minimum Gasteiger partial charge on any atom is -0.508 e. The standard InChI is InChI=1S/C13H17NO4.C2H4O2/c15-11-3-1-9(2-4-11)12(13(16)17)14-10-5-7-18-8-6-10;1-2(3)4/h1-4,10,12,14-15H,5-8H2,(H,16,17);1H3,(H,3,4)/t12-;/m1./s1. The van der Waals surface area contributed by atoms with Gasteiger partial charge in [0.15, 0.2) is 0 Å². The van der Waals surface area contributed by atoms with E-state index in [9.17, 15) is 15.0 Å². The van der Waals surface area contributed by atoms with Gasteiger partial charge >= 0.3 is 5.97 Å². The van der Waals surface area contributed by atoms with Gasteiger partial charge in [-0.1, -0.05) is 12.1 Å². The van der Waals surface area contributed by atoms with Crippen molar-refractivity contribution < 1.29 is 29.6 Å². The van der Waals surface area contributed by atoms with Crippen molar-refractivity contribution in [1.82, 2.24) is 5.32 Å². The monoisotopic (exact) mass is 311 g/mol. The number of phenols is 1. The second kappa shape index (κ2) is 9.01. The van der Waals surface area contributed by atoms with Gasteiger partial charge in [-0.3, -0.25) is 14.9 Å². The minimum absolute atomic E-state index is 0.133. The molecule has 1 fully saturated rings. The fourth-order valence-corrected chi connectivity index (χ4v) is 2.08. The average Bonchev–Trinajstić information content (AvgIpc) is 2.46. The molecule has 1 heterocycles. The van der Waals surface area contributed by atoms with Gasteiger partial charge < -0.3 is 20.1 Å². The first kappa shape index (κ1) is 17.9. The van der Waals surface area contributed by atoms with Crippen LogP contribution in [0.15, 0.2) is 24.3 Å². The summed E-state index contributed by atoms with van der Waals surface area (Å²) in [7, 11) is 0. The Labute approximate surface area is 128 Å². The molecule has 7 heteroatoms. The molecule has 22 heavy (non-hydrogen) atoms. The summed E-state index contributed by atoms with van der Waals surface area (Å²) in [6.07, 6.45) is 1.64. The number of hydrogen-bond donors (Lipinski definition) is 4. The van der Waals surface area contributed by atoms with E-state index < -0.39 is 18.0 Å².